The number of carbonyl (C=O) groups excluding carboxylic acids is 1. The van der Waals surface area contributed by atoms with Crippen molar-refractivity contribution >= 4 is 11.6 Å². The third-order valence-electron chi connectivity index (χ3n) is 6.68. The van der Waals surface area contributed by atoms with Crippen molar-refractivity contribution in [3.05, 3.63) is 57.5 Å². The molecule has 0 radical (unpaired) electrons. The summed E-state index contributed by atoms with van der Waals surface area (Å²) in [7, 11) is 1.49. The molecule has 9 heteroatoms. The number of piperazine rings is 1. The SMILES string of the molecule is CNC(=O)c1ccc(N2CCN([C@H]3CC[C@@H](c4ccc(CCF)c(=O)[nH]4)C3)CC2)c(F)n1. The molecule has 1 saturated heterocycles. The molecule has 0 spiro atoms. The molecule has 0 aromatic carbocycles. The quantitative estimate of drug-likeness (QED) is 0.667. The van der Waals surface area contributed by atoms with Gasteiger partial charge < -0.3 is 15.2 Å². The summed E-state index contributed by atoms with van der Waals surface area (Å²) in [6.45, 7) is 2.49. The first-order chi connectivity index (χ1) is 15.5. The van der Waals surface area contributed by atoms with Crippen molar-refractivity contribution in [2.75, 3.05) is 44.8 Å². The maximum absolute atomic E-state index is 14.5. The van der Waals surface area contributed by atoms with Gasteiger partial charge in [-0.2, -0.15) is 4.39 Å². The highest BCUT2D eigenvalue weighted by molar-refractivity contribution is 5.92. The average molecular weight is 446 g/mol. The first-order valence-corrected chi connectivity index (χ1v) is 11.2. The molecule has 2 fully saturated rings. The van der Waals surface area contributed by atoms with Crippen LogP contribution in [0.15, 0.2) is 29.1 Å². The number of anilines is 1. The van der Waals surface area contributed by atoms with Crippen molar-refractivity contribution in [1.29, 1.82) is 0 Å². The molecule has 172 valence electrons. The molecule has 1 amide bonds. The van der Waals surface area contributed by atoms with Gasteiger partial charge in [0.2, 0.25) is 5.95 Å². The number of pyridine rings is 2. The number of aryl methyl sites for hydroxylation is 1. The highest BCUT2D eigenvalue weighted by atomic mass is 19.1. The molecule has 7 nitrogen and oxygen atoms in total. The topological polar surface area (TPSA) is 81.3 Å². The largest absolute Gasteiger partial charge is 0.365 e. The lowest BCUT2D eigenvalue weighted by Gasteiger charge is -2.39. The number of nitrogens with one attached hydrogen (secondary N) is 2. The van der Waals surface area contributed by atoms with Gasteiger partial charge in [0.15, 0.2) is 0 Å². The van der Waals surface area contributed by atoms with E-state index in [1.807, 2.05) is 11.0 Å². The number of H-pyrrole nitrogens is 1. The zero-order valence-corrected chi connectivity index (χ0v) is 18.2. The van der Waals surface area contributed by atoms with E-state index in [9.17, 15) is 18.4 Å². The smallest absolute Gasteiger partial charge is 0.269 e. The van der Waals surface area contributed by atoms with E-state index in [-0.39, 0.29) is 17.7 Å². The monoisotopic (exact) mass is 445 g/mol. The molecule has 0 unspecified atom stereocenters. The fourth-order valence-electron chi connectivity index (χ4n) is 4.87. The molecule has 2 aromatic heterocycles. The Hall–Kier alpha value is -2.81. The van der Waals surface area contributed by atoms with Gasteiger partial charge in [-0.3, -0.25) is 18.9 Å². The minimum Gasteiger partial charge on any atom is -0.365 e. The highest BCUT2D eigenvalue weighted by Crippen LogP contribution is 2.36. The van der Waals surface area contributed by atoms with E-state index in [0.717, 1.165) is 38.0 Å². The standard InChI is InChI=1S/C23H29F2N5O2/c1-26-23(32)19-6-7-20(21(25)27-19)30-12-10-29(11-13-30)17-4-2-16(14-17)18-5-3-15(8-9-24)22(31)28-18/h3,5-7,16-17H,2,4,8-14H2,1H3,(H,26,32)(H,28,31)/t16-,17+/m1/s1. The fraction of sp³-hybridized carbons (Fsp3) is 0.522. The average Bonchev–Trinajstić information content (AvgIpc) is 3.30. The summed E-state index contributed by atoms with van der Waals surface area (Å²) in [5, 5.41) is 2.45. The van der Waals surface area contributed by atoms with Gasteiger partial charge in [-0.15, -0.1) is 0 Å². The summed E-state index contributed by atoms with van der Waals surface area (Å²) in [6, 6.07) is 7.27. The third-order valence-corrected chi connectivity index (χ3v) is 6.68. The predicted octanol–water partition coefficient (Wildman–Crippen LogP) is 2.24. The zero-order valence-electron chi connectivity index (χ0n) is 18.2. The van der Waals surface area contributed by atoms with E-state index in [1.54, 1.807) is 18.2 Å². The van der Waals surface area contributed by atoms with Crippen molar-refractivity contribution in [2.45, 2.75) is 37.6 Å². The number of halogens is 2. The molecule has 1 saturated carbocycles. The molecule has 2 aliphatic rings. The van der Waals surface area contributed by atoms with Gasteiger partial charge in [0.1, 0.15) is 5.69 Å². The number of aromatic nitrogens is 2. The van der Waals surface area contributed by atoms with E-state index < -0.39 is 18.5 Å². The number of alkyl halides is 1. The van der Waals surface area contributed by atoms with Crippen molar-refractivity contribution in [3.8, 4) is 0 Å². The normalized spacial score (nSPS) is 21.7. The molecule has 1 aliphatic heterocycles. The van der Waals surface area contributed by atoms with E-state index in [2.05, 4.69) is 20.2 Å². The number of nitrogens with zero attached hydrogens (tertiary/aromatic N) is 3. The van der Waals surface area contributed by atoms with Gasteiger partial charge in [-0.25, -0.2) is 4.98 Å². The summed E-state index contributed by atoms with van der Waals surface area (Å²) in [6.07, 6.45) is 3.17. The number of aromatic amines is 1. The Bertz CT molecular complexity index is 1020. The van der Waals surface area contributed by atoms with Crippen molar-refractivity contribution in [2.24, 2.45) is 0 Å². The first-order valence-electron chi connectivity index (χ1n) is 11.2. The van der Waals surface area contributed by atoms with E-state index in [4.69, 9.17) is 0 Å². The Kier molecular flexibility index (Phi) is 6.83. The lowest BCUT2D eigenvalue weighted by atomic mass is 10.0. The van der Waals surface area contributed by atoms with Crippen LogP contribution in [-0.2, 0) is 6.42 Å². The van der Waals surface area contributed by atoms with Crippen LogP contribution in [0, 0.1) is 5.95 Å². The van der Waals surface area contributed by atoms with Crippen LogP contribution in [0.1, 0.15) is 46.9 Å². The number of amides is 1. The van der Waals surface area contributed by atoms with E-state index in [1.165, 1.54) is 7.05 Å². The molecule has 0 bridgehead atoms. The summed E-state index contributed by atoms with van der Waals surface area (Å²) < 4.78 is 27.0. The van der Waals surface area contributed by atoms with Crippen LogP contribution in [0.25, 0.3) is 0 Å². The molecule has 2 aromatic rings. The lowest BCUT2D eigenvalue weighted by molar-refractivity contribution is 0.0957. The van der Waals surface area contributed by atoms with E-state index in [0.29, 0.717) is 36.3 Å². The van der Waals surface area contributed by atoms with Gasteiger partial charge in [-0.05, 0) is 37.5 Å². The van der Waals surface area contributed by atoms with Crippen LogP contribution in [0.4, 0.5) is 14.5 Å². The maximum atomic E-state index is 14.5. The van der Waals surface area contributed by atoms with Crippen LogP contribution < -0.4 is 15.8 Å². The Morgan fingerprint density at radius 3 is 2.62 bits per heavy atom. The Morgan fingerprint density at radius 1 is 1.19 bits per heavy atom. The Morgan fingerprint density at radius 2 is 1.97 bits per heavy atom. The number of carbonyl (C=O) groups is 1. The van der Waals surface area contributed by atoms with E-state index >= 15 is 0 Å². The summed E-state index contributed by atoms with van der Waals surface area (Å²) >= 11 is 0. The van der Waals surface area contributed by atoms with Gasteiger partial charge in [0, 0.05) is 62.9 Å². The van der Waals surface area contributed by atoms with Crippen LogP contribution in [0.2, 0.25) is 0 Å². The molecule has 2 atom stereocenters. The van der Waals surface area contributed by atoms with Gasteiger partial charge in [0.05, 0.1) is 12.4 Å². The van der Waals surface area contributed by atoms with Crippen LogP contribution in [-0.4, -0.2) is 66.7 Å². The summed E-state index contributed by atoms with van der Waals surface area (Å²) in [5.74, 6) is -0.737. The van der Waals surface area contributed by atoms with Crippen LogP contribution in [0.3, 0.4) is 0 Å². The fourth-order valence-corrected chi connectivity index (χ4v) is 4.87. The number of hydrogen-bond acceptors (Lipinski definition) is 5. The third kappa shape index (κ3) is 4.67. The van der Waals surface area contributed by atoms with Crippen molar-refractivity contribution < 1.29 is 13.6 Å². The molecular weight excluding hydrogens is 416 g/mol. The second kappa shape index (κ2) is 9.77. The number of hydrogen-bond donors (Lipinski definition) is 2. The molecule has 32 heavy (non-hydrogen) atoms. The Labute approximate surface area is 185 Å². The van der Waals surface area contributed by atoms with Crippen molar-refractivity contribution in [3.63, 3.8) is 0 Å². The van der Waals surface area contributed by atoms with Gasteiger partial charge >= 0.3 is 0 Å². The van der Waals surface area contributed by atoms with Gasteiger partial charge in [-0.1, -0.05) is 6.07 Å². The summed E-state index contributed by atoms with van der Waals surface area (Å²) in [5.41, 5.74) is 1.73. The lowest BCUT2D eigenvalue weighted by Crippen LogP contribution is -2.50. The molecule has 2 N–H and O–H groups in total. The molecule has 3 heterocycles. The van der Waals surface area contributed by atoms with Crippen LogP contribution in [0.5, 0.6) is 0 Å². The minimum absolute atomic E-state index is 0.0696. The second-order valence-electron chi connectivity index (χ2n) is 8.48. The first kappa shape index (κ1) is 22.4. The molecular formula is C23H29F2N5O2. The zero-order chi connectivity index (χ0) is 22.7. The highest BCUT2D eigenvalue weighted by Gasteiger charge is 2.33. The van der Waals surface area contributed by atoms with Gasteiger partial charge in [0.25, 0.3) is 11.5 Å². The van der Waals surface area contributed by atoms with Crippen LogP contribution >= 0.6 is 0 Å². The Balaban J connectivity index is 1.34. The van der Waals surface area contributed by atoms with Crippen molar-refractivity contribution in [1.82, 2.24) is 20.2 Å². The number of rotatable bonds is 6. The second-order valence-corrected chi connectivity index (χ2v) is 8.48. The predicted molar refractivity (Wildman–Crippen MR) is 118 cm³/mol. The molecule has 4 rings (SSSR count). The maximum Gasteiger partial charge on any atom is 0.269 e. The summed E-state index contributed by atoms with van der Waals surface area (Å²) in [4.78, 5) is 35.0. The minimum atomic E-state index is -0.624. The molecule has 1 aliphatic carbocycles.